The van der Waals surface area contributed by atoms with Crippen LogP contribution < -0.4 is 14.9 Å². The van der Waals surface area contributed by atoms with Crippen molar-refractivity contribution in [1.29, 1.82) is 0 Å². The van der Waals surface area contributed by atoms with E-state index in [0.717, 1.165) is 16.7 Å². The van der Waals surface area contributed by atoms with E-state index < -0.39 is 10.0 Å². The van der Waals surface area contributed by atoms with Crippen LogP contribution in [0.3, 0.4) is 0 Å². The number of anilines is 2. The molecule has 0 atom stereocenters. The van der Waals surface area contributed by atoms with Gasteiger partial charge in [0.15, 0.2) is 0 Å². The van der Waals surface area contributed by atoms with Crippen LogP contribution in [0.2, 0.25) is 0 Å². The molecule has 0 aliphatic rings. The van der Waals surface area contributed by atoms with Gasteiger partial charge in [0, 0.05) is 32.1 Å². The highest BCUT2D eigenvalue weighted by atomic mass is 32.2. The molecule has 3 aromatic rings. The van der Waals surface area contributed by atoms with Crippen molar-refractivity contribution in [2.45, 2.75) is 38.6 Å². The van der Waals surface area contributed by atoms with Crippen LogP contribution in [0, 0.1) is 13.8 Å². The topological polar surface area (TPSA) is 95.6 Å². The maximum Gasteiger partial charge on any atom is 0.264 e. The minimum atomic E-state index is -3.84. The summed E-state index contributed by atoms with van der Waals surface area (Å²) in [6.07, 6.45) is 0.00292. The maximum atomic E-state index is 13.4. The molecular weight excluding hydrogens is 450 g/mol. The molecule has 0 fully saturated rings. The van der Waals surface area contributed by atoms with Crippen LogP contribution in [-0.2, 0) is 26.2 Å². The van der Waals surface area contributed by atoms with Gasteiger partial charge in [0.25, 0.3) is 10.0 Å². The van der Waals surface area contributed by atoms with Gasteiger partial charge < -0.3 is 10.6 Å². The van der Waals surface area contributed by atoms with Gasteiger partial charge in [0.1, 0.15) is 0 Å². The molecule has 0 radical (unpaired) electrons. The van der Waals surface area contributed by atoms with Crippen LogP contribution in [0.25, 0.3) is 0 Å². The summed E-state index contributed by atoms with van der Waals surface area (Å²) >= 11 is 0. The first-order chi connectivity index (χ1) is 16.1. The van der Waals surface area contributed by atoms with Crippen LogP contribution in [0.5, 0.6) is 0 Å². The van der Waals surface area contributed by atoms with Crippen LogP contribution in [0.4, 0.5) is 11.4 Å². The largest absolute Gasteiger partial charge is 0.352 e. The minimum absolute atomic E-state index is 0.00292. The summed E-state index contributed by atoms with van der Waals surface area (Å²) in [6.45, 7) is 5.57. The number of hydrogen-bond acceptors (Lipinski definition) is 4. The molecule has 0 unspecified atom stereocenters. The Bertz CT molecular complexity index is 1240. The molecule has 0 aliphatic heterocycles. The zero-order valence-electron chi connectivity index (χ0n) is 19.5. The van der Waals surface area contributed by atoms with Crippen LogP contribution in [-0.4, -0.2) is 26.8 Å². The van der Waals surface area contributed by atoms with E-state index in [4.69, 9.17) is 0 Å². The molecule has 0 aromatic heterocycles. The molecule has 34 heavy (non-hydrogen) atoms. The number of rotatable bonds is 9. The molecule has 178 valence electrons. The Labute approximate surface area is 200 Å². The van der Waals surface area contributed by atoms with Gasteiger partial charge in [-0.15, -0.1) is 0 Å². The zero-order chi connectivity index (χ0) is 24.7. The summed E-state index contributed by atoms with van der Waals surface area (Å²) < 4.78 is 28.1. The van der Waals surface area contributed by atoms with Gasteiger partial charge in [-0.2, -0.15) is 0 Å². The van der Waals surface area contributed by atoms with Crippen molar-refractivity contribution < 1.29 is 18.0 Å². The van der Waals surface area contributed by atoms with Crippen molar-refractivity contribution in [3.8, 4) is 0 Å². The average molecular weight is 480 g/mol. The van der Waals surface area contributed by atoms with Gasteiger partial charge in [-0.3, -0.25) is 13.9 Å². The van der Waals surface area contributed by atoms with Gasteiger partial charge in [-0.1, -0.05) is 47.5 Å². The van der Waals surface area contributed by atoms with E-state index in [9.17, 15) is 18.0 Å². The molecule has 0 heterocycles. The summed E-state index contributed by atoms with van der Waals surface area (Å²) in [4.78, 5) is 23.8. The Morgan fingerprint density at radius 2 is 1.38 bits per heavy atom. The Morgan fingerprint density at radius 1 is 0.824 bits per heavy atom. The van der Waals surface area contributed by atoms with E-state index in [1.54, 1.807) is 48.5 Å². The fourth-order valence-corrected chi connectivity index (χ4v) is 4.80. The summed E-state index contributed by atoms with van der Waals surface area (Å²) in [5.41, 5.74) is 4.03. The van der Waals surface area contributed by atoms with Gasteiger partial charge in [0.05, 0.1) is 10.6 Å². The number of benzene rings is 3. The van der Waals surface area contributed by atoms with Gasteiger partial charge in [-0.25, -0.2) is 8.42 Å². The third kappa shape index (κ3) is 6.68. The maximum absolute atomic E-state index is 13.4. The fraction of sp³-hybridized carbons (Fsp3) is 0.231. The van der Waals surface area contributed by atoms with Crippen molar-refractivity contribution in [2.24, 2.45) is 0 Å². The number of nitrogens with one attached hydrogen (secondary N) is 2. The lowest BCUT2D eigenvalue weighted by Gasteiger charge is -2.24. The van der Waals surface area contributed by atoms with Crippen molar-refractivity contribution in [1.82, 2.24) is 5.32 Å². The number of amides is 2. The SMILES string of the molecule is CC(=O)Nc1ccc(CNC(=O)CCN(c2ccc(C)cc2)S(=O)(=O)c2ccc(C)cc2)cc1. The van der Waals surface area contributed by atoms with E-state index >= 15 is 0 Å². The van der Waals surface area contributed by atoms with Crippen molar-refractivity contribution in [3.05, 3.63) is 89.5 Å². The van der Waals surface area contributed by atoms with E-state index in [1.165, 1.54) is 11.2 Å². The number of sulfonamides is 1. The molecule has 0 spiro atoms. The van der Waals surface area contributed by atoms with Crippen molar-refractivity contribution in [3.63, 3.8) is 0 Å². The minimum Gasteiger partial charge on any atom is -0.352 e. The van der Waals surface area contributed by atoms with E-state index in [-0.39, 0.29) is 29.7 Å². The second-order valence-electron chi connectivity index (χ2n) is 8.13. The highest BCUT2D eigenvalue weighted by Crippen LogP contribution is 2.24. The van der Waals surface area contributed by atoms with Gasteiger partial charge in [-0.05, 0) is 55.8 Å². The van der Waals surface area contributed by atoms with E-state index in [1.807, 2.05) is 38.1 Å². The highest BCUT2D eigenvalue weighted by Gasteiger charge is 2.25. The van der Waals surface area contributed by atoms with Gasteiger partial charge in [0.2, 0.25) is 11.8 Å². The lowest BCUT2D eigenvalue weighted by Crippen LogP contribution is -2.35. The number of carbonyl (C=O) groups is 2. The Balaban J connectivity index is 1.69. The normalized spacial score (nSPS) is 11.0. The molecule has 0 saturated heterocycles. The summed E-state index contributed by atoms with van der Waals surface area (Å²) in [7, 11) is -3.84. The monoisotopic (exact) mass is 479 g/mol. The van der Waals surface area contributed by atoms with Crippen molar-refractivity contribution in [2.75, 3.05) is 16.2 Å². The smallest absolute Gasteiger partial charge is 0.264 e. The lowest BCUT2D eigenvalue weighted by molar-refractivity contribution is -0.121. The zero-order valence-corrected chi connectivity index (χ0v) is 20.4. The fourth-order valence-electron chi connectivity index (χ4n) is 3.34. The molecule has 2 N–H and O–H groups in total. The van der Waals surface area contributed by atoms with Crippen LogP contribution in [0.15, 0.2) is 77.7 Å². The molecule has 8 heteroatoms. The Hall–Kier alpha value is -3.65. The molecule has 7 nitrogen and oxygen atoms in total. The summed E-state index contributed by atoms with van der Waals surface area (Å²) in [5.74, 6) is -0.415. The number of hydrogen-bond donors (Lipinski definition) is 2. The number of nitrogens with zero attached hydrogens (tertiary/aromatic N) is 1. The van der Waals surface area contributed by atoms with Crippen molar-refractivity contribution >= 4 is 33.2 Å². The molecule has 3 rings (SSSR count). The quantitative estimate of drug-likeness (QED) is 0.482. The average Bonchev–Trinajstić information content (AvgIpc) is 2.79. The first kappa shape index (κ1) is 25.0. The number of aryl methyl sites for hydroxylation is 2. The molecule has 3 aromatic carbocycles. The van der Waals surface area contributed by atoms with Crippen LogP contribution in [0.1, 0.15) is 30.0 Å². The number of carbonyl (C=O) groups excluding carboxylic acids is 2. The summed E-state index contributed by atoms with van der Waals surface area (Å²) in [5, 5.41) is 5.52. The lowest BCUT2D eigenvalue weighted by atomic mass is 10.2. The third-order valence-corrected chi connectivity index (χ3v) is 7.08. The van der Waals surface area contributed by atoms with Gasteiger partial charge >= 0.3 is 0 Å². The third-order valence-electron chi connectivity index (χ3n) is 5.24. The second-order valence-corrected chi connectivity index (χ2v) is 9.99. The highest BCUT2D eigenvalue weighted by molar-refractivity contribution is 7.92. The molecule has 0 saturated carbocycles. The first-order valence-corrected chi connectivity index (χ1v) is 12.4. The summed E-state index contributed by atoms with van der Waals surface area (Å²) in [6, 6.07) is 21.0. The first-order valence-electron chi connectivity index (χ1n) is 10.9. The molecular formula is C26H29N3O4S. The molecule has 0 aliphatic carbocycles. The van der Waals surface area contributed by atoms with E-state index in [2.05, 4.69) is 10.6 Å². The molecule has 2 amide bonds. The standard InChI is InChI=1S/C26H29N3O4S/c1-19-4-12-24(13-5-19)29(34(32,33)25-14-6-20(2)7-15-25)17-16-26(31)27-18-22-8-10-23(11-9-22)28-21(3)30/h4-15H,16-18H2,1-3H3,(H,27,31)(H,28,30). The Kier molecular flexibility index (Phi) is 8.07. The van der Waals surface area contributed by atoms with Crippen LogP contribution >= 0.6 is 0 Å². The second kappa shape index (κ2) is 11.0. The molecule has 0 bridgehead atoms. The van der Waals surface area contributed by atoms with E-state index in [0.29, 0.717) is 17.9 Å². The predicted octanol–water partition coefficient (Wildman–Crippen LogP) is 4.16. The Morgan fingerprint density at radius 3 is 1.94 bits per heavy atom. The predicted molar refractivity (Wildman–Crippen MR) is 134 cm³/mol.